The van der Waals surface area contributed by atoms with Crippen LogP contribution in [0, 0.1) is 0 Å². The second-order valence-corrected chi connectivity index (χ2v) is 7.80. The average molecular weight is 393 g/mol. The quantitative estimate of drug-likeness (QED) is 0.723. The highest BCUT2D eigenvalue weighted by Gasteiger charge is 2.21. The standard InChI is InChI=1S/C19H21ClN2O3S/c1-3-22(4-2)26(24,25)17-12-10-16(11-13-17)21-19(23)14-9-15-7-5-6-8-18(15)20/h5-14H,3-4H2,1-2H3,(H,21,23). The maximum atomic E-state index is 12.4. The first kappa shape index (κ1) is 20.2. The van der Waals surface area contributed by atoms with E-state index in [1.807, 2.05) is 12.1 Å². The molecule has 0 aromatic heterocycles. The summed E-state index contributed by atoms with van der Waals surface area (Å²) < 4.78 is 26.3. The van der Waals surface area contributed by atoms with Gasteiger partial charge in [-0.25, -0.2) is 8.42 Å². The molecule has 0 saturated heterocycles. The third-order valence-corrected chi connectivity index (χ3v) is 6.19. The van der Waals surface area contributed by atoms with Gasteiger partial charge in [0.1, 0.15) is 0 Å². The van der Waals surface area contributed by atoms with E-state index in [0.717, 1.165) is 5.56 Å². The summed E-state index contributed by atoms with van der Waals surface area (Å²) in [6.07, 6.45) is 3.00. The number of benzene rings is 2. The molecule has 0 fully saturated rings. The monoisotopic (exact) mass is 392 g/mol. The van der Waals surface area contributed by atoms with Crippen molar-refractivity contribution in [2.24, 2.45) is 0 Å². The number of rotatable bonds is 7. The molecule has 7 heteroatoms. The highest BCUT2D eigenvalue weighted by atomic mass is 35.5. The van der Waals surface area contributed by atoms with Crippen LogP contribution in [0.5, 0.6) is 0 Å². The van der Waals surface area contributed by atoms with E-state index in [1.54, 1.807) is 44.2 Å². The Bertz CT molecular complexity index is 889. The molecular formula is C19H21ClN2O3S. The van der Waals surface area contributed by atoms with Crippen LogP contribution in [0.3, 0.4) is 0 Å². The normalized spacial score (nSPS) is 11.8. The van der Waals surface area contributed by atoms with Crippen molar-refractivity contribution in [3.63, 3.8) is 0 Å². The Kier molecular flexibility index (Phi) is 6.97. The van der Waals surface area contributed by atoms with Gasteiger partial charge in [0.15, 0.2) is 0 Å². The summed E-state index contributed by atoms with van der Waals surface area (Å²) in [7, 11) is -3.51. The molecule has 2 aromatic rings. The van der Waals surface area contributed by atoms with Gasteiger partial charge in [-0.2, -0.15) is 4.31 Å². The first-order valence-electron chi connectivity index (χ1n) is 8.22. The second-order valence-electron chi connectivity index (χ2n) is 5.46. The number of amides is 1. The lowest BCUT2D eigenvalue weighted by molar-refractivity contribution is -0.111. The van der Waals surface area contributed by atoms with Crippen LogP contribution in [0.1, 0.15) is 19.4 Å². The van der Waals surface area contributed by atoms with Crippen molar-refractivity contribution in [2.45, 2.75) is 18.7 Å². The number of nitrogens with zero attached hydrogens (tertiary/aromatic N) is 1. The van der Waals surface area contributed by atoms with E-state index >= 15 is 0 Å². The molecule has 26 heavy (non-hydrogen) atoms. The van der Waals surface area contributed by atoms with Crippen LogP contribution in [0.25, 0.3) is 6.08 Å². The fraction of sp³-hybridized carbons (Fsp3) is 0.211. The Balaban J connectivity index is 2.07. The Morgan fingerprint density at radius 2 is 1.69 bits per heavy atom. The first-order chi connectivity index (χ1) is 12.4. The van der Waals surface area contributed by atoms with Gasteiger partial charge in [-0.1, -0.05) is 43.6 Å². The maximum absolute atomic E-state index is 12.4. The van der Waals surface area contributed by atoms with Gasteiger partial charge in [0.05, 0.1) is 4.90 Å². The van der Waals surface area contributed by atoms with Crippen molar-refractivity contribution >= 4 is 39.3 Å². The number of sulfonamides is 1. The van der Waals surface area contributed by atoms with Crippen LogP contribution in [-0.2, 0) is 14.8 Å². The average Bonchev–Trinajstić information content (AvgIpc) is 2.62. The highest BCUT2D eigenvalue weighted by molar-refractivity contribution is 7.89. The molecule has 5 nitrogen and oxygen atoms in total. The minimum atomic E-state index is -3.51. The van der Waals surface area contributed by atoms with Gasteiger partial charge in [-0.05, 0) is 42.0 Å². The number of hydrogen-bond donors (Lipinski definition) is 1. The van der Waals surface area contributed by atoms with Crippen LogP contribution in [0.15, 0.2) is 59.5 Å². The molecule has 0 saturated carbocycles. The zero-order valence-electron chi connectivity index (χ0n) is 14.6. The van der Waals surface area contributed by atoms with Crippen LogP contribution in [0.4, 0.5) is 5.69 Å². The third-order valence-electron chi connectivity index (χ3n) is 3.78. The molecule has 0 aliphatic rings. The fourth-order valence-corrected chi connectivity index (χ4v) is 4.04. The summed E-state index contributed by atoms with van der Waals surface area (Å²) >= 11 is 6.03. The van der Waals surface area contributed by atoms with Gasteiger partial charge in [0.2, 0.25) is 15.9 Å². The molecule has 0 atom stereocenters. The number of anilines is 1. The van der Waals surface area contributed by atoms with E-state index in [1.165, 1.54) is 22.5 Å². The van der Waals surface area contributed by atoms with Gasteiger partial charge in [0, 0.05) is 29.9 Å². The number of halogens is 1. The van der Waals surface area contributed by atoms with E-state index in [4.69, 9.17) is 11.6 Å². The lowest BCUT2D eigenvalue weighted by atomic mass is 10.2. The molecule has 0 heterocycles. The molecular weight excluding hydrogens is 372 g/mol. The van der Waals surface area contributed by atoms with Crippen LogP contribution < -0.4 is 5.32 Å². The summed E-state index contributed by atoms with van der Waals surface area (Å²) in [6.45, 7) is 4.40. The summed E-state index contributed by atoms with van der Waals surface area (Å²) in [6, 6.07) is 13.3. The van der Waals surface area contributed by atoms with Crippen molar-refractivity contribution < 1.29 is 13.2 Å². The van der Waals surface area contributed by atoms with Crippen molar-refractivity contribution in [1.29, 1.82) is 0 Å². The first-order valence-corrected chi connectivity index (χ1v) is 10.0. The van der Waals surface area contributed by atoms with E-state index in [0.29, 0.717) is 23.8 Å². The molecule has 0 unspecified atom stereocenters. The Hall–Kier alpha value is -2.15. The van der Waals surface area contributed by atoms with Gasteiger partial charge in [-0.15, -0.1) is 0 Å². The van der Waals surface area contributed by atoms with Crippen molar-refractivity contribution in [3.05, 3.63) is 65.2 Å². The summed E-state index contributed by atoms with van der Waals surface area (Å²) in [5.74, 6) is -0.329. The molecule has 0 aliphatic carbocycles. The summed E-state index contributed by atoms with van der Waals surface area (Å²) in [5.41, 5.74) is 1.25. The molecule has 2 rings (SSSR count). The summed E-state index contributed by atoms with van der Waals surface area (Å²) in [5, 5.41) is 3.25. The minimum Gasteiger partial charge on any atom is -0.323 e. The molecule has 2 aromatic carbocycles. The fourth-order valence-electron chi connectivity index (χ4n) is 2.38. The molecule has 1 amide bonds. The van der Waals surface area contributed by atoms with Crippen molar-refractivity contribution in [3.8, 4) is 0 Å². The minimum absolute atomic E-state index is 0.200. The molecule has 0 bridgehead atoms. The summed E-state index contributed by atoms with van der Waals surface area (Å²) in [4.78, 5) is 12.2. The smallest absolute Gasteiger partial charge is 0.248 e. The van der Waals surface area contributed by atoms with Crippen LogP contribution in [0.2, 0.25) is 5.02 Å². The number of hydrogen-bond acceptors (Lipinski definition) is 3. The SMILES string of the molecule is CCN(CC)S(=O)(=O)c1ccc(NC(=O)C=Cc2ccccc2Cl)cc1. The van der Waals surface area contributed by atoms with Crippen molar-refractivity contribution in [1.82, 2.24) is 4.31 Å². The number of carbonyl (C=O) groups is 1. The van der Waals surface area contributed by atoms with Gasteiger partial charge in [0.25, 0.3) is 0 Å². The van der Waals surface area contributed by atoms with Gasteiger partial charge >= 0.3 is 0 Å². The predicted octanol–water partition coefficient (Wildman–Crippen LogP) is 4.02. The number of carbonyl (C=O) groups excluding carboxylic acids is 1. The Morgan fingerprint density at radius 3 is 2.27 bits per heavy atom. The predicted molar refractivity (Wildman–Crippen MR) is 106 cm³/mol. The topological polar surface area (TPSA) is 66.5 Å². The van der Waals surface area contributed by atoms with E-state index in [9.17, 15) is 13.2 Å². The Labute approximate surface area is 159 Å². The van der Waals surface area contributed by atoms with Crippen LogP contribution in [-0.4, -0.2) is 31.7 Å². The van der Waals surface area contributed by atoms with Gasteiger partial charge in [-0.3, -0.25) is 4.79 Å². The molecule has 1 N–H and O–H groups in total. The highest BCUT2D eigenvalue weighted by Crippen LogP contribution is 2.19. The molecule has 0 aliphatic heterocycles. The zero-order chi connectivity index (χ0) is 19.2. The third kappa shape index (κ3) is 4.94. The second kappa shape index (κ2) is 8.98. The molecule has 0 spiro atoms. The van der Waals surface area contributed by atoms with E-state index in [-0.39, 0.29) is 10.8 Å². The lowest BCUT2D eigenvalue weighted by Crippen LogP contribution is -2.30. The van der Waals surface area contributed by atoms with Gasteiger partial charge < -0.3 is 5.32 Å². The largest absolute Gasteiger partial charge is 0.323 e. The lowest BCUT2D eigenvalue weighted by Gasteiger charge is -2.18. The van der Waals surface area contributed by atoms with Crippen molar-refractivity contribution in [2.75, 3.05) is 18.4 Å². The molecule has 138 valence electrons. The Morgan fingerprint density at radius 1 is 1.08 bits per heavy atom. The van der Waals surface area contributed by atoms with Crippen LogP contribution >= 0.6 is 11.6 Å². The van der Waals surface area contributed by atoms with E-state index in [2.05, 4.69) is 5.32 Å². The van der Waals surface area contributed by atoms with E-state index < -0.39 is 10.0 Å². The zero-order valence-corrected chi connectivity index (χ0v) is 16.2. The number of nitrogens with one attached hydrogen (secondary N) is 1. The molecule has 0 radical (unpaired) electrons. The maximum Gasteiger partial charge on any atom is 0.248 e.